The normalized spacial score (nSPS) is 9.89. The second kappa shape index (κ2) is 6.53. The van der Waals surface area contributed by atoms with Crippen LogP contribution in [0.5, 0.6) is 0 Å². The number of carbonyl (C=O) groups is 1. The highest BCUT2D eigenvalue weighted by Gasteiger charge is 2.15. The van der Waals surface area contributed by atoms with E-state index in [0.29, 0.717) is 18.8 Å². The van der Waals surface area contributed by atoms with E-state index in [0.717, 1.165) is 6.20 Å². The molecule has 0 bridgehead atoms. The van der Waals surface area contributed by atoms with Gasteiger partial charge in [0.05, 0.1) is 11.5 Å². The molecule has 1 aromatic heterocycles. The highest BCUT2D eigenvalue weighted by molar-refractivity contribution is 5.81. The molecule has 7 heteroatoms. The first kappa shape index (κ1) is 13.9. The first-order valence-electron chi connectivity index (χ1n) is 5.70. The first-order valence-corrected chi connectivity index (χ1v) is 5.70. The van der Waals surface area contributed by atoms with E-state index in [1.807, 2.05) is 13.8 Å². The van der Waals surface area contributed by atoms with E-state index >= 15 is 0 Å². The van der Waals surface area contributed by atoms with E-state index in [2.05, 4.69) is 10.3 Å². The molecule has 1 rings (SSSR count). The van der Waals surface area contributed by atoms with Crippen LogP contribution in [0.4, 0.5) is 11.4 Å². The van der Waals surface area contributed by atoms with Crippen molar-refractivity contribution in [2.24, 2.45) is 0 Å². The van der Waals surface area contributed by atoms with Crippen molar-refractivity contribution in [1.29, 1.82) is 0 Å². The Morgan fingerprint density at radius 2 is 2.17 bits per heavy atom. The van der Waals surface area contributed by atoms with Crippen molar-refractivity contribution in [3.63, 3.8) is 0 Å². The third-order valence-corrected chi connectivity index (χ3v) is 2.54. The minimum absolute atomic E-state index is 0.0343. The number of nitrogens with zero attached hydrogens (tertiary/aromatic N) is 3. The van der Waals surface area contributed by atoms with Gasteiger partial charge < -0.3 is 10.2 Å². The zero-order chi connectivity index (χ0) is 13.5. The van der Waals surface area contributed by atoms with Crippen LogP contribution in [-0.2, 0) is 4.79 Å². The Morgan fingerprint density at radius 1 is 1.50 bits per heavy atom. The van der Waals surface area contributed by atoms with Crippen LogP contribution < -0.4 is 5.32 Å². The lowest BCUT2D eigenvalue weighted by atomic mass is 10.3. The van der Waals surface area contributed by atoms with Gasteiger partial charge in [0.2, 0.25) is 5.91 Å². The van der Waals surface area contributed by atoms with Crippen LogP contribution in [-0.4, -0.2) is 40.3 Å². The fourth-order valence-corrected chi connectivity index (χ4v) is 1.54. The van der Waals surface area contributed by atoms with Crippen LogP contribution in [0.25, 0.3) is 0 Å². The van der Waals surface area contributed by atoms with E-state index in [1.54, 1.807) is 4.90 Å². The number of nitrogens with one attached hydrogen (secondary N) is 1. The highest BCUT2D eigenvalue weighted by atomic mass is 16.6. The van der Waals surface area contributed by atoms with Gasteiger partial charge in [-0.3, -0.25) is 19.9 Å². The van der Waals surface area contributed by atoms with Crippen LogP contribution in [0.1, 0.15) is 13.8 Å². The molecule has 0 atom stereocenters. The number of anilines is 1. The molecule has 98 valence electrons. The number of hydrogen-bond acceptors (Lipinski definition) is 5. The maximum atomic E-state index is 11.7. The monoisotopic (exact) mass is 252 g/mol. The van der Waals surface area contributed by atoms with Gasteiger partial charge in [0.25, 0.3) is 0 Å². The smallest absolute Gasteiger partial charge is 0.310 e. The van der Waals surface area contributed by atoms with E-state index < -0.39 is 4.92 Å². The second-order valence-electron chi connectivity index (χ2n) is 3.57. The predicted octanol–water partition coefficient (Wildman–Crippen LogP) is 1.27. The number of aromatic nitrogens is 1. The van der Waals surface area contributed by atoms with Gasteiger partial charge in [0, 0.05) is 19.3 Å². The second-order valence-corrected chi connectivity index (χ2v) is 3.57. The molecule has 0 unspecified atom stereocenters. The van der Waals surface area contributed by atoms with Gasteiger partial charge in [-0.15, -0.1) is 0 Å². The third kappa shape index (κ3) is 3.41. The summed E-state index contributed by atoms with van der Waals surface area (Å²) in [7, 11) is 0. The number of rotatable bonds is 6. The van der Waals surface area contributed by atoms with Crippen molar-refractivity contribution in [2.45, 2.75) is 13.8 Å². The van der Waals surface area contributed by atoms with E-state index in [1.165, 1.54) is 12.3 Å². The molecule has 0 aliphatic carbocycles. The molecule has 0 aliphatic heterocycles. The minimum Gasteiger partial charge on any atom is -0.370 e. The summed E-state index contributed by atoms with van der Waals surface area (Å²) in [5.41, 5.74) is 0.167. The summed E-state index contributed by atoms with van der Waals surface area (Å²) in [6.07, 6.45) is 2.60. The molecule has 7 nitrogen and oxygen atoms in total. The molecule has 0 aliphatic rings. The Hall–Kier alpha value is -2.18. The Balaban J connectivity index is 2.69. The summed E-state index contributed by atoms with van der Waals surface area (Å²) in [4.78, 5) is 27.3. The zero-order valence-corrected chi connectivity index (χ0v) is 10.4. The van der Waals surface area contributed by atoms with Crippen LogP contribution in [0.2, 0.25) is 0 Å². The number of pyridine rings is 1. The van der Waals surface area contributed by atoms with Gasteiger partial charge in [0.15, 0.2) is 0 Å². The molecule has 0 aromatic carbocycles. The molecule has 1 amide bonds. The average molecular weight is 252 g/mol. The largest absolute Gasteiger partial charge is 0.370 e. The molecule has 0 fully saturated rings. The van der Waals surface area contributed by atoms with Crippen molar-refractivity contribution in [3.8, 4) is 0 Å². The number of nitro groups is 1. The fraction of sp³-hybridized carbons (Fsp3) is 0.455. The Kier molecular flexibility index (Phi) is 5.04. The standard InChI is InChI=1S/C11H16N4O3/c1-3-14(4-2)11(16)8-13-9-5-6-12-7-10(9)15(17)18/h5-7H,3-4,8H2,1-2H3,(H,12,13). The SMILES string of the molecule is CCN(CC)C(=O)CNc1ccncc1[N+](=O)[O-]. The Bertz CT molecular complexity index is 432. The van der Waals surface area contributed by atoms with Gasteiger partial charge in [0.1, 0.15) is 11.9 Å². The molecular formula is C11H16N4O3. The quantitative estimate of drug-likeness (QED) is 0.608. The van der Waals surface area contributed by atoms with Crippen LogP contribution in [0.15, 0.2) is 18.5 Å². The number of likely N-dealkylation sites (N-methyl/N-ethyl adjacent to an activating group) is 1. The summed E-state index contributed by atoms with van der Waals surface area (Å²) >= 11 is 0. The van der Waals surface area contributed by atoms with Crippen molar-refractivity contribution in [2.75, 3.05) is 25.0 Å². The van der Waals surface area contributed by atoms with Crippen LogP contribution >= 0.6 is 0 Å². The molecule has 1 aromatic rings. The van der Waals surface area contributed by atoms with E-state index in [-0.39, 0.29) is 18.1 Å². The lowest BCUT2D eigenvalue weighted by Crippen LogP contribution is -2.35. The van der Waals surface area contributed by atoms with Crippen molar-refractivity contribution >= 4 is 17.3 Å². The number of amides is 1. The summed E-state index contributed by atoms with van der Waals surface area (Å²) in [5.74, 6) is -0.0916. The highest BCUT2D eigenvalue weighted by Crippen LogP contribution is 2.21. The lowest BCUT2D eigenvalue weighted by Gasteiger charge is -2.18. The molecule has 1 heterocycles. The number of hydrogen-bond donors (Lipinski definition) is 1. The van der Waals surface area contributed by atoms with E-state index in [4.69, 9.17) is 0 Å². The molecule has 0 saturated carbocycles. The average Bonchev–Trinajstić information content (AvgIpc) is 2.38. The zero-order valence-electron chi connectivity index (χ0n) is 10.4. The predicted molar refractivity (Wildman–Crippen MR) is 67.3 cm³/mol. The van der Waals surface area contributed by atoms with Gasteiger partial charge in [-0.05, 0) is 19.9 Å². The van der Waals surface area contributed by atoms with Crippen molar-refractivity contribution in [3.05, 3.63) is 28.6 Å². The molecular weight excluding hydrogens is 236 g/mol. The Labute approximate surface area is 105 Å². The van der Waals surface area contributed by atoms with E-state index in [9.17, 15) is 14.9 Å². The summed E-state index contributed by atoms with van der Waals surface area (Å²) in [5, 5.41) is 13.5. The van der Waals surface area contributed by atoms with Crippen LogP contribution in [0, 0.1) is 10.1 Å². The molecule has 18 heavy (non-hydrogen) atoms. The summed E-state index contributed by atoms with van der Waals surface area (Å²) in [6.45, 7) is 5.05. The maximum Gasteiger partial charge on any atom is 0.310 e. The van der Waals surface area contributed by atoms with Crippen LogP contribution in [0.3, 0.4) is 0 Å². The van der Waals surface area contributed by atoms with Gasteiger partial charge in [-0.2, -0.15) is 0 Å². The molecule has 0 radical (unpaired) electrons. The van der Waals surface area contributed by atoms with Crippen molar-refractivity contribution in [1.82, 2.24) is 9.88 Å². The van der Waals surface area contributed by atoms with Gasteiger partial charge in [-0.25, -0.2) is 0 Å². The third-order valence-electron chi connectivity index (χ3n) is 2.54. The molecule has 1 N–H and O–H groups in total. The summed E-state index contributed by atoms with van der Waals surface area (Å²) < 4.78 is 0. The fourth-order valence-electron chi connectivity index (χ4n) is 1.54. The maximum absolute atomic E-state index is 11.7. The topological polar surface area (TPSA) is 88.4 Å². The first-order chi connectivity index (χ1) is 8.60. The summed E-state index contributed by atoms with van der Waals surface area (Å²) in [6, 6.07) is 1.48. The van der Waals surface area contributed by atoms with Gasteiger partial charge >= 0.3 is 5.69 Å². The Morgan fingerprint density at radius 3 is 2.72 bits per heavy atom. The van der Waals surface area contributed by atoms with Crippen molar-refractivity contribution < 1.29 is 9.72 Å². The molecule has 0 spiro atoms. The lowest BCUT2D eigenvalue weighted by molar-refractivity contribution is -0.384. The number of carbonyl (C=O) groups excluding carboxylic acids is 1. The minimum atomic E-state index is -0.531. The molecule has 0 saturated heterocycles. The van der Waals surface area contributed by atoms with Gasteiger partial charge in [-0.1, -0.05) is 0 Å².